The van der Waals surface area contributed by atoms with Gasteiger partial charge < -0.3 is 10.1 Å². The second-order valence-corrected chi connectivity index (χ2v) is 5.44. The highest BCUT2D eigenvalue weighted by Gasteiger charge is 2.33. The molecule has 2 unspecified atom stereocenters. The van der Waals surface area contributed by atoms with E-state index < -0.39 is 0 Å². The Hall–Kier alpha value is -1.20. The van der Waals surface area contributed by atoms with Crippen LogP contribution in [0.4, 0.5) is 0 Å². The lowest BCUT2D eigenvalue weighted by Gasteiger charge is -2.17. The number of carbonyl (C=O) groups excluding carboxylic acids is 1. The van der Waals surface area contributed by atoms with Crippen LogP contribution in [0.15, 0.2) is 6.07 Å². The zero-order valence-electron chi connectivity index (χ0n) is 12.7. The summed E-state index contributed by atoms with van der Waals surface area (Å²) in [5.74, 6) is 0.229. The first-order valence-corrected chi connectivity index (χ1v) is 7.52. The molecule has 0 bridgehead atoms. The second kappa shape index (κ2) is 6.99. The van der Waals surface area contributed by atoms with Crippen LogP contribution in [0.5, 0.6) is 0 Å². The summed E-state index contributed by atoms with van der Waals surface area (Å²) in [5, 5.41) is 7.81. The Bertz CT molecular complexity index is 456. The lowest BCUT2D eigenvalue weighted by molar-refractivity contribution is -0.122. The maximum atomic E-state index is 12.5. The molecule has 2 atom stereocenters. The number of hydrogen-bond donors (Lipinski definition) is 1. The van der Waals surface area contributed by atoms with Crippen LogP contribution >= 0.6 is 0 Å². The van der Waals surface area contributed by atoms with E-state index in [1.165, 1.54) is 0 Å². The Kier molecular flexibility index (Phi) is 5.31. The number of aromatic nitrogens is 2. The number of carbonyl (C=O) groups is 1. The molecule has 1 saturated heterocycles. The van der Waals surface area contributed by atoms with Crippen LogP contribution in [0.3, 0.4) is 0 Å². The predicted octanol–water partition coefficient (Wildman–Crippen LogP) is 1.34. The van der Waals surface area contributed by atoms with E-state index in [0.717, 1.165) is 30.9 Å². The molecule has 1 aliphatic rings. The monoisotopic (exact) mass is 279 g/mol. The molecule has 0 radical (unpaired) electrons. The fourth-order valence-electron chi connectivity index (χ4n) is 2.73. The Balaban J connectivity index is 1.99. The van der Waals surface area contributed by atoms with E-state index >= 15 is 0 Å². The van der Waals surface area contributed by atoms with Gasteiger partial charge in [0.05, 0.1) is 24.8 Å². The molecule has 1 aromatic heterocycles. The topological polar surface area (TPSA) is 56.1 Å². The molecule has 112 valence electrons. The van der Waals surface area contributed by atoms with Crippen LogP contribution in [-0.2, 0) is 22.5 Å². The first-order chi connectivity index (χ1) is 9.65. The Morgan fingerprint density at radius 3 is 3.00 bits per heavy atom. The average molecular weight is 279 g/mol. The molecule has 0 aliphatic carbocycles. The van der Waals surface area contributed by atoms with Crippen molar-refractivity contribution in [1.82, 2.24) is 15.1 Å². The van der Waals surface area contributed by atoms with E-state index in [4.69, 9.17) is 4.74 Å². The summed E-state index contributed by atoms with van der Waals surface area (Å²) in [7, 11) is 0. The van der Waals surface area contributed by atoms with Crippen molar-refractivity contribution in [3.63, 3.8) is 0 Å². The largest absolute Gasteiger partial charge is 0.379 e. The van der Waals surface area contributed by atoms with Crippen molar-refractivity contribution in [1.29, 1.82) is 0 Å². The minimum atomic E-state index is -0.0259. The zero-order valence-corrected chi connectivity index (χ0v) is 12.7. The van der Waals surface area contributed by atoms with E-state index in [1.54, 1.807) is 0 Å². The van der Waals surface area contributed by atoms with Crippen LogP contribution in [0.2, 0.25) is 0 Å². The molecule has 0 spiro atoms. The van der Waals surface area contributed by atoms with Gasteiger partial charge in [0.15, 0.2) is 0 Å². The first kappa shape index (κ1) is 15.2. The number of aryl methyl sites for hydroxylation is 2. The van der Waals surface area contributed by atoms with Crippen molar-refractivity contribution in [3.8, 4) is 0 Å². The maximum absolute atomic E-state index is 12.5. The third-order valence-electron chi connectivity index (χ3n) is 3.79. The van der Waals surface area contributed by atoms with E-state index in [1.807, 2.05) is 24.6 Å². The smallest absolute Gasteiger partial charge is 0.145 e. The second-order valence-electron chi connectivity index (χ2n) is 5.44. The van der Waals surface area contributed by atoms with Gasteiger partial charge in [0.2, 0.25) is 0 Å². The normalized spacial score (nSPS) is 22.4. The standard InChI is InChI=1S/C15H25N3O2/c1-4-6-16-14-10-20-9-13(14)15(19)8-12-7-11(3)17-18(12)5-2/h7,13-14,16H,4-6,8-10H2,1-3H3. The van der Waals surface area contributed by atoms with Gasteiger partial charge in [0, 0.05) is 24.7 Å². The minimum Gasteiger partial charge on any atom is -0.379 e. The van der Waals surface area contributed by atoms with Crippen LogP contribution < -0.4 is 5.32 Å². The van der Waals surface area contributed by atoms with Gasteiger partial charge >= 0.3 is 0 Å². The molecule has 0 amide bonds. The van der Waals surface area contributed by atoms with Crippen molar-refractivity contribution in [2.45, 2.75) is 46.2 Å². The van der Waals surface area contributed by atoms with Crippen LogP contribution in [0.1, 0.15) is 31.7 Å². The number of ketones is 1. The third-order valence-corrected chi connectivity index (χ3v) is 3.79. The molecule has 20 heavy (non-hydrogen) atoms. The van der Waals surface area contributed by atoms with Gasteiger partial charge in [-0.2, -0.15) is 5.10 Å². The summed E-state index contributed by atoms with van der Waals surface area (Å²) < 4.78 is 7.40. The Labute approximate surface area is 120 Å². The van der Waals surface area contributed by atoms with Crippen molar-refractivity contribution in [2.24, 2.45) is 5.92 Å². The number of ether oxygens (including phenoxy) is 1. The Morgan fingerprint density at radius 1 is 1.50 bits per heavy atom. The quantitative estimate of drug-likeness (QED) is 0.818. The van der Waals surface area contributed by atoms with Crippen LogP contribution in [0.25, 0.3) is 0 Å². The number of Topliss-reactive ketones (excluding diaryl/α,β-unsaturated/α-hetero) is 1. The summed E-state index contributed by atoms with van der Waals surface area (Å²) >= 11 is 0. The number of hydrogen-bond acceptors (Lipinski definition) is 4. The van der Waals surface area contributed by atoms with Gasteiger partial charge in [0.25, 0.3) is 0 Å². The number of nitrogens with zero attached hydrogens (tertiary/aromatic N) is 2. The lowest BCUT2D eigenvalue weighted by Crippen LogP contribution is -2.40. The lowest BCUT2D eigenvalue weighted by atomic mass is 9.95. The van der Waals surface area contributed by atoms with Gasteiger partial charge in [-0.3, -0.25) is 9.48 Å². The molecule has 1 aliphatic heterocycles. The molecule has 1 aromatic rings. The average Bonchev–Trinajstić information content (AvgIpc) is 3.02. The maximum Gasteiger partial charge on any atom is 0.145 e. The van der Waals surface area contributed by atoms with Gasteiger partial charge in [-0.05, 0) is 32.9 Å². The third kappa shape index (κ3) is 3.46. The molecule has 2 rings (SSSR count). The van der Waals surface area contributed by atoms with Gasteiger partial charge in [-0.25, -0.2) is 0 Å². The fourth-order valence-corrected chi connectivity index (χ4v) is 2.73. The number of nitrogens with one attached hydrogen (secondary N) is 1. The highest BCUT2D eigenvalue weighted by atomic mass is 16.5. The molecule has 2 heterocycles. The predicted molar refractivity (Wildman–Crippen MR) is 77.7 cm³/mol. The fraction of sp³-hybridized carbons (Fsp3) is 0.733. The molecule has 5 nitrogen and oxygen atoms in total. The first-order valence-electron chi connectivity index (χ1n) is 7.52. The van der Waals surface area contributed by atoms with E-state index in [2.05, 4.69) is 17.3 Å². The molecule has 1 fully saturated rings. The van der Waals surface area contributed by atoms with Gasteiger partial charge in [0.1, 0.15) is 5.78 Å². The summed E-state index contributed by atoms with van der Waals surface area (Å²) in [6, 6.07) is 2.17. The van der Waals surface area contributed by atoms with E-state index in [0.29, 0.717) is 19.6 Å². The van der Waals surface area contributed by atoms with Crippen molar-refractivity contribution >= 4 is 5.78 Å². The van der Waals surface area contributed by atoms with E-state index in [9.17, 15) is 4.79 Å². The Morgan fingerprint density at radius 2 is 2.30 bits per heavy atom. The van der Waals surface area contributed by atoms with E-state index in [-0.39, 0.29) is 17.7 Å². The van der Waals surface area contributed by atoms with Crippen molar-refractivity contribution in [2.75, 3.05) is 19.8 Å². The highest BCUT2D eigenvalue weighted by molar-refractivity contribution is 5.84. The minimum absolute atomic E-state index is 0.0259. The molecular weight excluding hydrogens is 254 g/mol. The summed E-state index contributed by atoms with van der Waals surface area (Å²) in [5.41, 5.74) is 1.98. The van der Waals surface area contributed by atoms with Crippen molar-refractivity contribution in [3.05, 3.63) is 17.5 Å². The molecular formula is C15H25N3O2. The summed E-state index contributed by atoms with van der Waals surface area (Å²) in [6.07, 6.45) is 1.52. The van der Waals surface area contributed by atoms with Gasteiger partial charge in [-0.15, -0.1) is 0 Å². The zero-order chi connectivity index (χ0) is 14.5. The molecule has 5 heteroatoms. The van der Waals surface area contributed by atoms with Crippen LogP contribution in [0, 0.1) is 12.8 Å². The number of rotatable bonds is 7. The van der Waals surface area contributed by atoms with Crippen molar-refractivity contribution < 1.29 is 9.53 Å². The summed E-state index contributed by atoms with van der Waals surface area (Å²) in [6.45, 7) is 9.05. The molecule has 0 aromatic carbocycles. The van der Waals surface area contributed by atoms with Gasteiger partial charge in [-0.1, -0.05) is 6.92 Å². The molecule has 0 saturated carbocycles. The summed E-state index contributed by atoms with van der Waals surface area (Å²) in [4.78, 5) is 12.5. The van der Waals surface area contributed by atoms with Crippen LogP contribution in [-0.4, -0.2) is 41.4 Å². The SMILES string of the molecule is CCCNC1COCC1C(=O)Cc1cc(C)nn1CC. The highest BCUT2D eigenvalue weighted by Crippen LogP contribution is 2.18. The molecule has 1 N–H and O–H groups in total.